The van der Waals surface area contributed by atoms with E-state index in [1.165, 1.54) is 12.3 Å². The number of amides is 2. The summed E-state index contributed by atoms with van der Waals surface area (Å²) < 4.78 is 0. The molecule has 3 N–H and O–H groups in total. The maximum atomic E-state index is 13.0. The summed E-state index contributed by atoms with van der Waals surface area (Å²) in [4.78, 5) is 40.1. The van der Waals surface area contributed by atoms with Crippen molar-refractivity contribution < 1.29 is 19.6 Å². The fraction of sp³-hybridized carbons (Fsp3) is 0. The monoisotopic (exact) mass is 472 g/mol. The van der Waals surface area contributed by atoms with Crippen molar-refractivity contribution >= 4 is 58.2 Å². The van der Waals surface area contributed by atoms with Gasteiger partial charge >= 0.3 is 0 Å². The van der Waals surface area contributed by atoms with Gasteiger partial charge in [-0.2, -0.15) is 0 Å². The summed E-state index contributed by atoms with van der Waals surface area (Å²) in [5, 5.41) is 25.8. The molecule has 1 aromatic heterocycles. The number of para-hydroxylation sites is 1. The number of anilines is 2. The second-order valence-electron chi connectivity index (χ2n) is 6.30. The van der Waals surface area contributed by atoms with Gasteiger partial charge in [0.05, 0.1) is 15.6 Å². The van der Waals surface area contributed by atoms with Crippen molar-refractivity contribution in [1.82, 2.24) is 4.98 Å². The minimum Gasteiger partial charge on any atom is -0.504 e. The standard InChI is InChI=1S/C21H14Cl2N4O5/c22-16-10-14(27(31)32)11-17(18(16)28)26-21(30)15(9-12-5-4-8-24-19(12)23)20(29)25-13-6-2-1-3-7-13/h1-11,28H,(H,25,29)(H,26,30). The average molecular weight is 473 g/mol. The Bertz CT molecular complexity index is 1230. The number of hydrogen-bond donors (Lipinski definition) is 3. The number of halogens is 2. The maximum absolute atomic E-state index is 13.0. The van der Waals surface area contributed by atoms with Gasteiger partial charge in [-0.15, -0.1) is 0 Å². The number of phenolic OH excluding ortho intramolecular Hbond substituents is 1. The molecule has 11 heteroatoms. The first-order valence-electron chi connectivity index (χ1n) is 8.93. The average Bonchev–Trinajstić information content (AvgIpc) is 2.76. The van der Waals surface area contributed by atoms with Crippen LogP contribution in [0.5, 0.6) is 5.75 Å². The number of nitrogens with zero attached hydrogens (tertiary/aromatic N) is 2. The first-order chi connectivity index (χ1) is 15.3. The van der Waals surface area contributed by atoms with E-state index in [2.05, 4.69) is 15.6 Å². The van der Waals surface area contributed by atoms with Crippen molar-refractivity contribution in [3.8, 4) is 5.75 Å². The van der Waals surface area contributed by atoms with Crippen molar-refractivity contribution in [3.63, 3.8) is 0 Å². The van der Waals surface area contributed by atoms with Crippen LogP contribution in [0.2, 0.25) is 10.2 Å². The van der Waals surface area contributed by atoms with Crippen LogP contribution in [0.3, 0.4) is 0 Å². The Morgan fingerprint density at radius 1 is 1.03 bits per heavy atom. The van der Waals surface area contributed by atoms with E-state index in [1.807, 2.05) is 0 Å². The van der Waals surface area contributed by atoms with E-state index >= 15 is 0 Å². The van der Waals surface area contributed by atoms with E-state index in [1.54, 1.807) is 42.5 Å². The van der Waals surface area contributed by atoms with Gasteiger partial charge in [0.15, 0.2) is 5.75 Å². The quantitative estimate of drug-likeness (QED) is 0.0907. The first-order valence-corrected chi connectivity index (χ1v) is 9.68. The lowest BCUT2D eigenvalue weighted by molar-refractivity contribution is -0.384. The largest absolute Gasteiger partial charge is 0.504 e. The number of rotatable bonds is 6. The number of benzene rings is 2. The van der Waals surface area contributed by atoms with Crippen LogP contribution in [0.1, 0.15) is 5.56 Å². The molecule has 0 spiro atoms. The van der Waals surface area contributed by atoms with Crippen molar-refractivity contribution in [3.05, 3.63) is 92.2 Å². The molecule has 0 aliphatic heterocycles. The number of aromatic nitrogens is 1. The summed E-state index contributed by atoms with van der Waals surface area (Å²) in [7, 11) is 0. The van der Waals surface area contributed by atoms with Gasteiger partial charge in [-0.25, -0.2) is 4.98 Å². The van der Waals surface area contributed by atoms with Crippen molar-refractivity contribution in [2.24, 2.45) is 0 Å². The Labute approximate surface area is 191 Å². The summed E-state index contributed by atoms with van der Waals surface area (Å²) in [6.45, 7) is 0. The van der Waals surface area contributed by atoms with Gasteiger partial charge in [-0.3, -0.25) is 19.7 Å². The molecular formula is C21H14Cl2N4O5. The molecule has 162 valence electrons. The van der Waals surface area contributed by atoms with Crippen molar-refractivity contribution in [2.45, 2.75) is 0 Å². The number of carbonyl (C=O) groups is 2. The second-order valence-corrected chi connectivity index (χ2v) is 7.06. The van der Waals surface area contributed by atoms with Crippen LogP contribution < -0.4 is 10.6 Å². The molecule has 0 unspecified atom stereocenters. The van der Waals surface area contributed by atoms with Gasteiger partial charge in [0.1, 0.15) is 10.7 Å². The minimum absolute atomic E-state index is 0.0477. The van der Waals surface area contributed by atoms with Gasteiger partial charge in [0.2, 0.25) is 0 Å². The molecule has 0 atom stereocenters. The molecule has 0 saturated carbocycles. The number of nitro groups is 1. The fourth-order valence-electron chi connectivity index (χ4n) is 2.59. The van der Waals surface area contributed by atoms with Crippen LogP contribution in [0.25, 0.3) is 6.08 Å². The van der Waals surface area contributed by atoms with Crippen LogP contribution in [-0.2, 0) is 9.59 Å². The number of nitrogens with one attached hydrogen (secondary N) is 2. The Balaban J connectivity index is 2.00. The third-order valence-electron chi connectivity index (χ3n) is 4.12. The van der Waals surface area contributed by atoms with E-state index in [0.717, 1.165) is 12.1 Å². The number of hydrogen-bond acceptors (Lipinski definition) is 6. The molecule has 0 saturated heterocycles. The Hall–Kier alpha value is -3.95. The number of non-ortho nitro benzene ring substituents is 1. The van der Waals surface area contributed by atoms with Gasteiger partial charge < -0.3 is 15.7 Å². The smallest absolute Gasteiger partial charge is 0.273 e. The van der Waals surface area contributed by atoms with Crippen LogP contribution in [0, 0.1) is 10.1 Å². The van der Waals surface area contributed by atoms with E-state index in [0.29, 0.717) is 5.69 Å². The van der Waals surface area contributed by atoms with Crippen molar-refractivity contribution in [2.75, 3.05) is 10.6 Å². The topological polar surface area (TPSA) is 134 Å². The van der Waals surface area contributed by atoms with E-state index < -0.39 is 33.7 Å². The number of carbonyl (C=O) groups excluding carboxylic acids is 2. The Morgan fingerprint density at radius 3 is 2.38 bits per heavy atom. The molecule has 32 heavy (non-hydrogen) atoms. The van der Waals surface area contributed by atoms with E-state index in [4.69, 9.17) is 23.2 Å². The van der Waals surface area contributed by atoms with Gasteiger partial charge in [0, 0.05) is 29.6 Å². The number of pyridine rings is 1. The molecule has 0 radical (unpaired) electrons. The van der Waals surface area contributed by atoms with Crippen LogP contribution in [0.15, 0.2) is 66.4 Å². The lowest BCUT2D eigenvalue weighted by Gasteiger charge is -2.12. The Morgan fingerprint density at radius 2 is 1.72 bits per heavy atom. The molecule has 0 fully saturated rings. The van der Waals surface area contributed by atoms with Crippen LogP contribution in [-0.4, -0.2) is 26.8 Å². The molecule has 1 heterocycles. The summed E-state index contributed by atoms with van der Waals surface area (Å²) in [5.41, 5.74) is -0.494. The molecule has 3 aromatic rings. The fourth-order valence-corrected chi connectivity index (χ4v) is 2.98. The lowest BCUT2D eigenvalue weighted by atomic mass is 10.1. The van der Waals surface area contributed by atoms with Gasteiger partial charge in [-0.1, -0.05) is 47.5 Å². The summed E-state index contributed by atoms with van der Waals surface area (Å²) in [5.74, 6) is -2.34. The third-order valence-corrected chi connectivity index (χ3v) is 4.72. The van der Waals surface area contributed by atoms with E-state index in [9.17, 15) is 24.8 Å². The van der Waals surface area contributed by atoms with E-state index in [-0.39, 0.29) is 21.4 Å². The summed E-state index contributed by atoms with van der Waals surface area (Å²) >= 11 is 11.9. The molecule has 9 nitrogen and oxygen atoms in total. The highest BCUT2D eigenvalue weighted by Crippen LogP contribution is 2.36. The summed E-state index contributed by atoms with van der Waals surface area (Å²) in [6.07, 6.45) is 2.64. The number of phenols is 1. The summed E-state index contributed by atoms with van der Waals surface area (Å²) in [6, 6.07) is 13.3. The SMILES string of the molecule is O=C(Nc1ccccc1)C(=Cc1cccnc1Cl)C(=O)Nc1cc([N+](=O)[O-])cc(Cl)c1O. The minimum atomic E-state index is -0.967. The molecule has 0 aliphatic rings. The predicted molar refractivity (Wildman–Crippen MR) is 121 cm³/mol. The highest BCUT2D eigenvalue weighted by Gasteiger charge is 2.23. The second kappa shape index (κ2) is 9.90. The third kappa shape index (κ3) is 5.39. The predicted octanol–water partition coefficient (Wildman–Crippen LogP) is 4.66. The highest BCUT2D eigenvalue weighted by atomic mass is 35.5. The zero-order valence-corrected chi connectivity index (χ0v) is 17.6. The molecule has 2 amide bonds. The molecule has 0 bridgehead atoms. The zero-order chi connectivity index (χ0) is 23.3. The van der Waals surface area contributed by atoms with Crippen LogP contribution in [0.4, 0.5) is 17.1 Å². The maximum Gasteiger partial charge on any atom is 0.273 e. The zero-order valence-electron chi connectivity index (χ0n) is 16.1. The van der Waals surface area contributed by atoms with Crippen molar-refractivity contribution in [1.29, 1.82) is 0 Å². The van der Waals surface area contributed by atoms with Gasteiger partial charge in [-0.05, 0) is 24.3 Å². The number of aromatic hydroxyl groups is 1. The molecule has 3 rings (SSSR count). The Kier molecular flexibility index (Phi) is 7.04. The normalized spacial score (nSPS) is 11.0. The van der Waals surface area contributed by atoms with Gasteiger partial charge in [0.25, 0.3) is 17.5 Å². The first kappa shape index (κ1) is 22.7. The molecule has 0 aliphatic carbocycles. The van der Waals surface area contributed by atoms with Crippen LogP contribution >= 0.6 is 23.2 Å². The number of nitro benzene ring substituents is 1. The molecule has 2 aromatic carbocycles. The lowest BCUT2D eigenvalue weighted by Crippen LogP contribution is -2.25. The molecular weight excluding hydrogens is 459 g/mol. The highest BCUT2D eigenvalue weighted by molar-refractivity contribution is 6.34.